The monoisotopic (exact) mass is 513 g/mol. The summed E-state index contributed by atoms with van der Waals surface area (Å²) in [5.41, 5.74) is 10.8. The van der Waals surface area contributed by atoms with Crippen molar-refractivity contribution in [2.75, 3.05) is 34.9 Å². The number of hydrogen-bond donors (Lipinski definition) is 1. The Kier molecular flexibility index (Phi) is 6.21. The molecule has 1 amide bonds. The predicted molar refractivity (Wildman–Crippen MR) is 145 cm³/mol. The number of nitrogens with zero attached hydrogens (tertiary/aromatic N) is 4. The summed E-state index contributed by atoms with van der Waals surface area (Å²) in [6, 6.07) is 15.5. The first-order chi connectivity index (χ1) is 17.7. The molecule has 37 heavy (non-hydrogen) atoms. The van der Waals surface area contributed by atoms with Gasteiger partial charge in [0.1, 0.15) is 0 Å². The summed E-state index contributed by atoms with van der Waals surface area (Å²) in [7, 11) is -3.37. The number of sulfone groups is 1. The number of nitrogen functional groups attached to an aromatic ring is 1. The van der Waals surface area contributed by atoms with E-state index in [1.54, 1.807) is 41.3 Å². The van der Waals surface area contributed by atoms with Gasteiger partial charge >= 0.3 is 0 Å². The first-order valence-corrected chi connectivity index (χ1v) is 14.0. The highest BCUT2D eigenvalue weighted by Crippen LogP contribution is 2.44. The molecule has 0 spiro atoms. The van der Waals surface area contributed by atoms with Gasteiger partial charge in [-0.25, -0.2) is 13.4 Å². The van der Waals surface area contributed by atoms with Crippen LogP contribution < -0.4 is 15.5 Å². The average molecular weight is 514 g/mol. The molecule has 3 aromatic rings. The van der Waals surface area contributed by atoms with Crippen LogP contribution in [0.4, 0.5) is 22.9 Å². The van der Waals surface area contributed by atoms with Crippen LogP contribution in [0.25, 0.3) is 11.6 Å². The van der Waals surface area contributed by atoms with Crippen LogP contribution in [0.3, 0.4) is 0 Å². The van der Waals surface area contributed by atoms with Gasteiger partial charge in [-0.2, -0.15) is 5.26 Å². The number of nitriles is 1. The number of amides is 1. The van der Waals surface area contributed by atoms with Crippen LogP contribution in [0.1, 0.15) is 41.6 Å². The van der Waals surface area contributed by atoms with Crippen molar-refractivity contribution >= 4 is 50.3 Å². The SMILES string of the molecule is Cc1cc2c(cc1C#N)/C(=C/c1ccc(N)c(N3CCCCC3)n1)C(=O)N2c1ccc(S(C)(=O)=O)cc1. The van der Waals surface area contributed by atoms with Gasteiger partial charge in [-0.3, -0.25) is 9.69 Å². The number of benzene rings is 2. The number of aromatic nitrogens is 1. The maximum absolute atomic E-state index is 13.8. The van der Waals surface area contributed by atoms with Crippen molar-refractivity contribution in [1.82, 2.24) is 4.98 Å². The number of carbonyl (C=O) groups excluding carboxylic acids is 1. The molecule has 0 radical (unpaired) electrons. The minimum atomic E-state index is -3.37. The molecule has 8 nitrogen and oxygen atoms in total. The highest BCUT2D eigenvalue weighted by molar-refractivity contribution is 7.90. The Balaban J connectivity index is 1.62. The van der Waals surface area contributed by atoms with Gasteiger partial charge in [0, 0.05) is 30.6 Å². The van der Waals surface area contributed by atoms with Crippen molar-refractivity contribution in [3.8, 4) is 6.07 Å². The minimum absolute atomic E-state index is 0.172. The van der Waals surface area contributed by atoms with Crippen LogP contribution in [0.15, 0.2) is 53.4 Å². The third-order valence-corrected chi connectivity index (χ3v) is 7.95. The molecular weight excluding hydrogens is 486 g/mol. The summed E-state index contributed by atoms with van der Waals surface area (Å²) >= 11 is 0. The molecular formula is C28H27N5O3S. The van der Waals surface area contributed by atoms with Crippen LogP contribution in [-0.4, -0.2) is 38.7 Å². The van der Waals surface area contributed by atoms with Crippen LogP contribution in [0.5, 0.6) is 0 Å². The molecule has 2 aliphatic rings. The molecule has 0 bridgehead atoms. The summed E-state index contributed by atoms with van der Waals surface area (Å²) in [6.07, 6.45) is 6.23. The van der Waals surface area contributed by atoms with Crippen molar-refractivity contribution in [3.05, 3.63) is 70.9 Å². The molecule has 3 heterocycles. The van der Waals surface area contributed by atoms with Crippen LogP contribution >= 0.6 is 0 Å². The Bertz CT molecular complexity index is 1580. The lowest BCUT2D eigenvalue weighted by molar-refractivity contribution is -0.112. The Labute approximate surface area is 216 Å². The zero-order chi connectivity index (χ0) is 26.3. The minimum Gasteiger partial charge on any atom is -0.396 e. The quantitative estimate of drug-likeness (QED) is 0.512. The van der Waals surface area contributed by atoms with E-state index in [0.717, 1.165) is 43.6 Å². The van der Waals surface area contributed by atoms with Gasteiger partial charge in [0.15, 0.2) is 15.7 Å². The zero-order valence-electron chi connectivity index (χ0n) is 20.7. The second-order valence-corrected chi connectivity index (χ2v) is 11.5. The van der Waals surface area contributed by atoms with Gasteiger partial charge < -0.3 is 10.6 Å². The number of hydrogen-bond acceptors (Lipinski definition) is 7. The Morgan fingerprint density at radius 3 is 2.41 bits per heavy atom. The number of piperidine rings is 1. The van der Waals surface area contributed by atoms with E-state index >= 15 is 0 Å². The molecule has 0 aliphatic carbocycles. The molecule has 9 heteroatoms. The fourth-order valence-corrected chi connectivity index (χ4v) is 5.49. The number of fused-ring (bicyclic) bond motifs is 1. The maximum atomic E-state index is 13.8. The molecule has 1 saturated heterocycles. The lowest BCUT2D eigenvalue weighted by Crippen LogP contribution is -2.31. The van der Waals surface area contributed by atoms with Crippen molar-refractivity contribution in [3.63, 3.8) is 0 Å². The summed E-state index contributed by atoms with van der Waals surface area (Å²) in [5, 5.41) is 9.64. The average Bonchev–Trinajstić information content (AvgIpc) is 3.14. The molecule has 2 N–H and O–H groups in total. The van der Waals surface area contributed by atoms with Crippen molar-refractivity contribution < 1.29 is 13.2 Å². The van der Waals surface area contributed by atoms with E-state index in [4.69, 9.17) is 10.7 Å². The first kappa shape index (κ1) is 24.5. The van der Waals surface area contributed by atoms with Gasteiger partial charge in [0.05, 0.1) is 39.2 Å². The molecule has 5 rings (SSSR count). The Morgan fingerprint density at radius 1 is 1.05 bits per heavy atom. The number of rotatable bonds is 4. The molecule has 1 aromatic heterocycles. The maximum Gasteiger partial charge on any atom is 0.263 e. The number of nitrogens with two attached hydrogens (primary N) is 1. The van der Waals surface area contributed by atoms with Gasteiger partial charge in [0.2, 0.25) is 0 Å². The summed E-state index contributed by atoms with van der Waals surface area (Å²) in [4.78, 5) is 22.5. The van der Waals surface area contributed by atoms with Crippen molar-refractivity contribution in [2.45, 2.75) is 31.1 Å². The highest BCUT2D eigenvalue weighted by Gasteiger charge is 2.34. The van der Waals surface area contributed by atoms with Crippen molar-refractivity contribution in [1.29, 1.82) is 5.26 Å². The molecule has 2 aliphatic heterocycles. The van der Waals surface area contributed by atoms with E-state index < -0.39 is 9.84 Å². The van der Waals surface area contributed by atoms with Crippen molar-refractivity contribution in [2.24, 2.45) is 0 Å². The molecule has 1 fully saturated rings. The fourth-order valence-electron chi connectivity index (χ4n) is 4.86. The van der Waals surface area contributed by atoms with Gasteiger partial charge in [-0.1, -0.05) is 0 Å². The van der Waals surface area contributed by atoms with E-state index in [-0.39, 0.29) is 10.8 Å². The second-order valence-electron chi connectivity index (χ2n) is 9.46. The normalized spacial score (nSPS) is 16.7. The van der Waals surface area contributed by atoms with E-state index in [9.17, 15) is 18.5 Å². The summed E-state index contributed by atoms with van der Waals surface area (Å²) < 4.78 is 23.8. The Hall–Kier alpha value is -4.16. The van der Waals surface area contributed by atoms with Crippen LogP contribution in [0.2, 0.25) is 0 Å². The predicted octanol–water partition coefficient (Wildman–Crippen LogP) is 4.46. The third kappa shape index (κ3) is 4.56. The zero-order valence-corrected chi connectivity index (χ0v) is 21.5. The highest BCUT2D eigenvalue weighted by atomic mass is 32.2. The molecule has 0 saturated carbocycles. The van der Waals surface area contributed by atoms with E-state index in [1.165, 1.54) is 18.6 Å². The van der Waals surface area contributed by atoms with E-state index in [1.807, 2.05) is 13.0 Å². The lowest BCUT2D eigenvalue weighted by Gasteiger charge is -2.28. The Morgan fingerprint density at radius 2 is 1.76 bits per heavy atom. The number of pyridine rings is 1. The summed E-state index contributed by atoms with van der Waals surface area (Å²) in [6.45, 7) is 3.60. The number of carbonyl (C=O) groups is 1. The topological polar surface area (TPSA) is 120 Å². The van der Waals surface area contributed by atoms with Gasteiger partial charge in [-0.15, -0.1) is 0 Å². The molecule has 0 atom stereocenters. The lowest BCUT2D eigenvalue weighted by atomic mass is 10.00. The smallest absolute Gasteiger partial charge is 0.263 e. The van der Waals surface area contributed by atoms with Gasteiger partial charge in [-0.05, 0) is 86.4 Å². The molecule has 188 valence electrons. The van der Waals surface area contributed by atoms with E-state index in [0.29, 0.717) is 39.5 Å². The van der Waals surface area contributed by atoms with Crippen LogP contribution in [-0.2, 0) is 14.6 Å². The number of anilines is 4. The number of aryl methyl sites for hydroxylation is 1. The standard InChI is InChI=1S/C28H27N5O3S/c1-18-14-26-23(15-19(18)17-29)24(28(34)33(26)21-7-9-22(10-8-21)37(2,35)36)16-20-6-11-25(30)27(31-20)32-12-4-3-5-13-32/h6-11,14-16H,3-5,12-13,30H2,1-2H3/b24-16-. The summed E-state index contributed by atoms with van der Waals surface area (Å²) in [5.74, 6) is 0.435. The first-order valence-electron chi connectivity index (χ1n) is 12.1. The molecule has 0 unspecified atom stereocenters. The second kappa shape index (κ2) is 9.37. The largest absolute Gasteiger partial charge is 0.396 e. The third-order valence-electron chi connectivity index (χ3n) is 6.83. The van der Waals surface area contributed by atoms with E-state index in [2.05, 4.69) is 11.0 Å². The van der Waals surface area contributed by atoms with Crippen LogP contribution in [0, 0.1) is 18.3 Å². The molecule has 2 aromatic carbocycles. The van der Waals surface area contributed by atoms with Gasteiger partial charge in [0.25, 0.3) is 5.91 Å². The fraction of sp³-hybridized carbons (Fsp3) is 0.250.